The third-order valence-corrected chi connectivity index (χ3v) is 5.85. The number of benzene rings is 2. The SMILES string of the molecule is CC(C)c1ccccc1N[Si](C)(C)Nc1ccccc1C(C)C. The van der Waals surface area contributed by atoms with Crippen molar-refractivity contribution in [2.75, 3.05) is 9.96 Å². The highest BCUT2D eigenvalue weighted by molar-refractivity contribution is 6.83. The Hall–Kier alpha value is -1.74. The molecule has 0 heterocycles. The average Bonchev–Trinajstić information content (AvgIpc) is 2.47. The topological polar surface area (TPSA) is 24.1 Å². The van der Waals surface area contributed by atoms with Crippen LogP contribution in [0.25, 0.3) is 0 Å². The van der Waals surface area contributed by atoms with Crippen LogP contribution in [0.1, 0.15) is 50.7 Å². The summed E-state index contributed by atoms with van der Waals surface area (Å²) in [5.74, 6) is 1.04. The van der Waals surface area contributed by atoms with E-state index in [4.69, 9.17) is 0 Å². The van der Waals surface area contributed by atoms with Crippen LogP contribution in [0.4, 0.5) is 11.4 Å². The van der Waals surface area contributed by atoms with Crippen LogP contribution < -0.4 is 9.96 Å². The van der Waals surface area contributed by atoms with Gasteiger partial charge in [-0.15, -0.1) is 0 Å². The molecular formula is C20H30N2Si. The molecule has 0 aromatic heterocycles. The summed E-state index contributed by atoms with van der Waals surface area (Å²) in [6.45, 7) is 13.6. The number of nitrogens with one attached hydrogen (secondary N) is 2. The maximum Gasteiger partial charge on any atom is 0.252 e. The average molecular weight is 327 g/mol. The molecule has 0 fully saturated rings. The summed E-state index contributed by atoms with van der Waals surface area (Å²) in [5, 5.41) is 0. The smallest absolute Gasteiger partial charge is 0.252 e. The summed E-state index contributed by atoms with van der Waals surface area (Å²) >= 11 is 0. The first-order valence-electron chi connectivity index (χ1n) is 8.54. The maximum atomic E-state index is 3.81. The Kier molecular flexibility index (Phi) is 5.53. The standard InChI is InChI=1S/C20H30N2Si/c1-15(2)17-11-7-9-13-19(17)21-23(5,6)22-20-14-10-8-12-18(20)16(3)4/h7-16,21-22H,1-6H3. The van der Waals surface area contributed by atoms with Gasteiger partial charge in [0.05, 0.1) is 0 Å². The fourth-order valence-corrected chi connectivity index (χ4v) is 4.80. The minimum absolute atomic E-state index is 0.520. The summed E-state index contributed by atoms with van der Waals surface area (Å²) in [6.07, 6.45) is 0. The molecule has 0 aliphatic carbocycles. The molecule has 2 rings (SSSR count). The van der Waals surface area contributed by atoms with Gasteiger partial charge < -0.3 is 9.96 Å². The van der Waals surface area contributed by atoms with Gasteiger partial charge in [0.2, 0.25) is 0 Å². The molecule has 23 heavy (non-hydrogen) atoms. The van der Waals surface area contributed by atoms with Crippen LogP contribution in [0.2, 0.25) is 13.1 Å². The largest absolute Gasteiger partial charge is 0.394 e. The van der Waals surface area contributed by atoms with Gasteiger partial charge in [0, 0.05) is 11.4 Å². The zero-order valence-corrected chi connectivity index (χ0v) is 16.3. The van der Waals surface area contributed by atoms with Crippen molar-refractivity contribution >= 4 is 19.8 Å². The zero-order valence-electron chi connectivity index (χ0n) is 15.3. The Morgan fingerprint density at radius 2 is 1.00 bits per heavy atom. The van der Waals surface area contributed by atoms with Crippen molar-refractivity contribution in [3.05, 3.63) is 59.7 Å². The number of anilines is 2. The number of rotatable bonds is 6. The van der Waals surface area contributed by atoms with Gasteiger partial charge in [-0.2, -0.15) is 0 Å². The lowest BCUT2D eigenvalue weighted by atomic mass is 10.0. The summed E-state index contributed by atoms with van der Waals surface area (Å²) in [7, 11) is -1.84. The van der Waals surface area contributed by atoms with E-state index in [2.05, 4.69) is 99.3 Å². The molecule has 0 spiro atoms. The molecule has 124 valence electrons. The van der Waals surface area contributed by atoms with Gasteiger partial charge >= 0.3 is 0 Å². The Balaban J connectivity index is 2.24. The van der Waals surface area contributed by atoms with Crippen LogP contribution in [0.3, 0.4) is 0 Å². The van der Waals surface area contributed by atoms with Gasteiger partial charge in [-0.25, -0.2) is 0 Å². The van der Waals surface area contributed by atoms with E-state index in [9.17, 15) is 0 Å². The molecule has 0 saturated heterocycles. The highest BCUT2D eigenvalue weighted by Crippen LogP contribution is 2.28. The van der Waals surface area contributed by atoms with Crippen molar-refractivity contribution in [3.8, 4) is 0 Å². The summed E-state index contributed by atoms with van der Waals surface area (Å²) in [5.41, 5.74) is 5.28. The molecular weight excluding hydrogens is 296 g/mol. The van der Waals surface area contributed by atoms with E-state index in [0.717, 1.165) is 0 Å². The Bertz CT molecular complexity index is 592. The second-order valence-electron chi connectivity index (χ2n) is 7.36. The molecule has 0 bridgehead atoms. The highest BCUT2D eigenvalue weighted by Gasteiger charge is 2.24. The molecule has 0 saturated carbocycles. The minimum Gasteiger partial charge on any atom is -0.394 e. The lowest BCUT2D eigenvalue weighted by Gasteiger charge is -2.30. The first-order chi connectivity index (χ1) is 10.8. The van der Waals surface area contributed by atoms with Crippen LogP contribution in [-0.2, 0) is 0 Å². The molecule has 0 aliphatic rings. The van der Waals surface area contributed by atoms with Gasteiger partial charge in [0.25, 0.3) is 8.40 Å². The first kappa shape index (κ1) is 17.6. The van der Waals surface area contributed by atoms with Gasteiger partial charge in [-0.05, 0) is 48.2 Å². The molecule has 0 amide bonds. The van der Waals surface area contributed by atoms with Crippen LogP contribution in [0, 0.1) is 0 Å². The van der Waals surface area contributed by atoms with Crippen molar-refractivity contribution in [1.29, 1.82) is 0 Å². The predicted molar refractivity (Wildman–Crippen MR) is 106 cm³/mol. The van der Waals surface area contributed by atoms with E-state index in [1.807, 2.05) is 0 Å². The van der Waals surface area contributed by atoms with Crippen LogP contribution >= 0.6 is 0 Å². The fourth-order valence-electron chi connectivity index (χ4n) is 2.93. The lowest BCUT2D eigenvalue weighted by Crippen LogP contribution is -2.46. The van der Waals surface area contributed by atoms with E-state index in [1.54, 1.807) is 0 Å². The van der Waals surface area contributed by atoms with Gasteiger partial charge in [-0.1, -0.05) is 64.1 Å². The third-order valence-electron chi connectivity index (χ3n) is 4.06. The molecule has 2 nitrogen and oxygen atoms in total. The van der Waals surface area contributed by atoms with E-state index in [1.165, 1.54) is 22.5 Å². The van der Waals surface area contributed by atoms with Crippen LogP contribution in [0.15, 0.2) is 48.5 Å². The molecule has 2 aromatic rings. The summed E-state index contributed by atoms with van der Waals surface area (Å²) in [6, 6.07) is 17.3. The van der Waals surface area contributed by atoms with Gasteiger partial charge in [-0.3, -0.25) is 0 Å². The lowest BCUT2D eigenvalue weighted by molar-refractivity contribution is 0.868. The molecule has 0 unspecified atom stereocenters. The molecule has 2 N–H and O–H groups in total. The van der Waals surface area contributed by atoms with E-state index in [-0.39, 0.29) is 0 Å². The number of para-hydroxylation sites is 2. The molecule has 0 atom stereocenters. The van der Waals surface area contributed by atoms with Gasteiger partial charge in [0.1, 0.15) is 0 Å². The van der Waals surface area contributed by atoms with Crippen molar-refractivity contribution in [1.82, 2.24) is 0 Å². The molecule has 2 aromatic carbocycles. The molecule has 0 radical (unpaired) electrons. The van der Waals surface area contributed by atoms with Crippen molar-refractivity contribution in [2.45, 2.75) is 52.6 Å². The second-order valence-corrected chi connectivity index (χ2v) is 11.1. The Morgan fingerprint density at radius 1 is 0.652 bits per heavy atom. The Morgan fingerprint density at radius 3 is 1.35 bits per heavy atom. The van der Waals surface area contributed by atoms with Crippen molar-refractivity contribution < 1.29 is 0 Å². The maximum absolute atomic E-state index is 3.81. The second kappa shape index (κ2) is 7.22. The van der Waals surface area contributed by atoms with Crippen molar-refractivity contribution in [2.24, 2.45) is 0 Å². The van der Waals surface area contributed by atoms with E-state index in [0.29, 0.717) is 11.8 Å². The zero-order chi connectivity index (χ0) is 17.0. The molecule has 3 heteroatoms. The van der Waals surface area contributed by atoms with E-state index < -0.39 is 8.40 Å². The summed E-state index contributed by atoms with van der Waals surface area (Å²) < 4.78 is 0. The van der Waals surface area contributed by atoms with E-state index >= 15 is 0 Å². The highest BCUT2D eigenvalue weighted by atomic mass is 28.3. The van der Waals surface area contributed by atoms with Crippen LogP contribution in [-0.4, -0.2) is 8.40 Å². The fraction of sp³-hybridized carbons (Fsp3) is 0.400. The molecule has 0 aliphatic heterocycles. The summed E-state index contributed by atoms with van der Waals surface area (Å²) in [4.78, 5) is 7.62. The quantitative estimate of drug-likeness (QED) is 0.621. The van der Waals surface area contributed by atoms with Crippen molar-refractivity contribution in [3.63, 3.8) is 0 Å². The normalized spacial score (nSPS) is 11.8. The number of hydrogen-bond acceptors (Lipinski definition) is 2. The van der Waals surface area contributed by atoms with Crippen LogP contribution in [0.5, 0.6) is 0 Å². The monoisotopic (exact) mass is 326 g/mol. The predicted octanol–water partition coefficient (Wildman–Crippen LogP) is 6.16. The minimum atomic E-state index is -1.84. The first-order valence-corrected chi connectivity index (χ1v) is 11.5. The third kappa shape index (κ3) is 4.61. The Labute approximate surface area is 142 Å². The van der Waals surface area contributed by atoms with Gasteiger partial charge in [0.15, 0.2) is 0 Å². The number of hydrogen-bond donors (Lipinski definition) is 2.